The number of benzene rings is 3. The normalized spacial score (nSPS) is 12.5. The minimum atomic E-state index is -4.28. The molecule has 1 atom stereocenters. The van der Waals surface area contributed by atoms with E-state index in [2.05, 4.69) is 5.32 Å². The fourth-order valence-electron chi connectivity index (χ4n) is 3.80. The lowest BCUT2D eigenvalue weighted by molar-refractivity contribution is -0.140. The van der Waals surface area contributed by atoms with Gasteiger partial charge in [0.2, 0.25) is 11.8 Å². The van der Waals surface area contributed by atoms with Crippen LogP contribution < -0.4 is 9.62 Å². The van der Waals surface area contributed by atoms with Crippen molar-refractivity contribution in [1.29, 1.82) is 0 Å². The Bertz CT molecular complexity index is 1430. The number of nitrogens with one attached hydrogen (secondary N) is 1. The molecule has 0 aromatic heterocycles. The predicted octanol–water partition coefficient (Wildman–Crippen LogP) is 5.66. The van der Waals surface area contributed by atoms with Gasteiger partial charge in [-0.25, -0.2) is 12.8 Å². The van der Waals surface area contributed by atoms with Gasteiger partial charge in [0.1, 0.15) is 18.4 Å². The van der Waals surface area contributed by atoms with Crippen LogP contribution in [0.2, 0.25) is 10.0 Å². The van der Waals surface area contributed by atoms with Gasteiger partial charge in [-0.05, 0) is 64.1 Å². The lowest BCUT2D eigenvalue weighted by atomic mass is 10.1. The van der Waals surface area contributed by atoms with Gasteiger partial charge in [0, 0.05) is 27.7 Å². The number of hydrogen-bond acceptors (Lipinski definition) is 4. The zero-order chi connectivity index (χ0) is 29.0. The third-order valence-corrected chi connectivity index (χ3v) is 7.93. The number of amides is 2. The van der Waals surface area contributed by atoms with Crippen LogP contribution in [0.1, 0.15) is 33.3 Å². The molecule has 1 N–H and O–H groups in total. The van der Waals surface area contributed by atoms with Crippen molar-refractivity contribution in [3.63, 3.8) is 0 Å². The fourth-order valence-corrected chi connectivity index (χ4v) is 5.73. The van der Waals surface area contributed by atoms with Crippen molar-refractivity contribution in [3.8, 4) is 0 Å². The molecular formula is C28H30Cl2FN3O4S. The molecule has 0 saturated heterocycles. The largest absolute Gasteiger partial charge is 0.350 e. The topological polar surface area (TPSA) is 86.8 Å². The van der Waals surface area contributed by atoms with Gasteiger partial charge < -0.3 is 10.2 Å². The van der Waals surface area contributed by atoms with E-state index in [0.29, 0.717) is 0 Å². The summed E-state index contributed by atoms with van der Waals surface area (Å²) in [5.41, 5.74) is -0.370. The lowest BCUT2D eigenvalue weighted by Crippen LogP contribution is -2.54. The number of anilines is 1. The van der Waals surface area contributed by atoms with Gasteiger partial charge in [0.05, 0.1) is 10.6 Å². The van der Waals surface area contributed by atoms with Crippen LogP contribution in [0.5, 0.6) is 0 Å². The highest BCUT2D eigenvalue weighted by Crippen LogP contribution is 2.30. The van der Waals surface area contributed by atoms with Gasteiger partial charge in [0.25, 0.3) is 10.0 Å². The Morgan fingerprint density at radius 3 is 2.08 bits per heavy atom. The molecule has 39 heavy (non-hydrogen) atoms. The number of carbonyl (C=O) groups is 2. The fraction of sp³-hybridized carbons (Fsp3) is 0.286. The molecule has 0 spiro atoms. The molecular weight excluding hydrogens is 564 g/mol. The van der Waals surface area contributed by atoms with Gasteiger partial charge in [-0.2, -0.15) is 0 Å². The lowest BCUT2D eigenvalue weighted by Gasteiger charge is -2.33. The van der Waals surface area contributed by atoms with E-state index < -0.39 is 45.8 Å². The first-order chi connectivity index (χ1) is 18.2. The first kappa shape index (κ1) is 30.4. The molecule has 0 aliphatic heterocycles. The second kappa shape index (κ2) is 12.4. The third kappa shape index (κ3) is 7.94. The van der Waals surface area contributed by atoms with E-state index in [1.165, 1.54) is 55.5 Å². The minimum Gasteiger partial charge on any atom is -0.350 e. The average Bonchev–Trinajstić information content (AvgIpc) is 2.85. The van der Waals surface area contributed by atoms with Crippen molar-refractivity contribution in [2.75, 3.05) is 10.8 Å². The third-order valence-electron chi connectivity index (χ3n) is 5.71. The Morgan fingerprint density at radius 1 is 0.949 bits per heavy atom. The van der Waals surface area contributed by atoms with Crippen molar-refractivity contribution in [2.24, 2.45) is 0 Å². The smallest absolute Gasteiger partial charge is 0.264 e. The summed E-state index contributed by atoms with van der Waals surface area (Å²) in [7, 11) is -4.28. The number of nitrogens with zero attached hydrogens (tertiary/aromatic N) is 2. The van der Waals surface area contributed by atoms with E-state index in [1.54, 1.807) is 45.0 Å². The number of sulfonamides is 1. The Hall–Kier alpha value is -3.14. The Kier molecular flexibility index (Phi) is 9.64. The van der Waals surface area contributed by atoms with E-state index in [0.717, 1.165) is 9.21 Å². The molecule has 2 amide bonds. The van der Waals surface area contributed by atoms with Gasteiger partial charge in [-0.15, -0.1) is 0 Å². The summed E-state index contributed by atoms with van der Waals surface area (Å²) in [6.45, 7) is 5.91. The van der Waals surface area contributed by atoms with E-state index in [4.69, 9.17) is 23.2 Å². The molecule has 0 saturated carbocycles. The molecule has 0 bridgehead atoms. The first-order valence-electron chi connectivity index (χ1n) is 12.1. The standard InChI is InChI=1S/C28H30Cl2FN3O4S/c1-19(27(36)32-28(2,3)4)33(17-20-10-8-9-13-25(20)31)26(35)18-34(23-15-21(29)14-22(30)16-23)39(37,38)24-11-6-5-7-12-24/h5-16,19H,17-18H2,1-4H3,(H,32,36)/t19-/m1/s1. The highest BCUT2D eigenvalue weighted by Gasteiger charge is 2.34. The summed E-state index contributed by atoms with van der Waals surface area (Å²) in [6.07, 6.45) is 0. The van der Waals surface area contributed by atoms with Gasteiger partial charge >= 0.3 is 0 Å². The van der Waals surface area contributed by atoms with Crippen LogP contribution in [0.4, 0.5) is 10.1 Å². The molecule has 0 fully saturated rings. The van der Waals surface area contributed by atoms with E-state index >= 15 is 0 Å². The summed E-state index contributed by atoms with van der Waals surface area (Å²) in [6, 6.07) is 16.6. The van der Waals surface area contributed by atoms with E-state index in [9.17, 15) is 22.4 Å². The van der Waals surface area contributed by atoms with Gasteiger partial charge in [-0.1, -0.05) is 59.6 Å². The van der Waals surface area contributed by atoms with Crippen LogP contribution in [0.3, 0.4) is 0 Å². The second-order valence-corrected chi connectivity index (χ2v) is 12.7. The Labute approximate surface area is 238 Å². The van der Waals surface area contributed by atoms with Crippen molar-refractivity contribution >= 4 is 50.7 Å². The van der Waals surface area contributed by atoms with Gasteiger partial charge in [-0.3, -0.25) is 13.9 Å². The highest BCUT2D eigenvalue weighted by atomic mass is 35.5. The molecule has 3 aromatic rings. The maximum atomic E-state index is 14.6. The molecule has 0 aliphatic rings. The maximum Gasteiger partial charge on any atom is 0.264 e. The molecule has 208 valence electrons. The zero-order valence-electron chi connectivity index (χ0n) is 22.0. The number of rotatable bonds is 9. The summed E-state index contributed by atoms with van der Waals surface area (Å²) in [4.78, 5) is 28.0. The number of halogens is 3. The van der Waals surface area contributed by atoms with Crippen LogP contribution in [0.25, 0.3) is 0 Å². The minimum absolute atomic E-state index is 0.0577. The summed E-state index contributed by atoms with van der Waals surface area (Å²) in [5.74, 6) is -1.77. The van der Waals surface area contributed by atoms with E-state index in [-0.39, 0.29) is 32.7 Å². The van der Waals surface area contributed by atoms with Crippen LogP contribution in [-0.4, -0.2) is 43.3 Å². The summed E-state index contributed by atoms with van der Waals surface area (Å²) < 4.78 is 43.0. The molecule has 0 radical (unpaired) electrons. The van der Waals surface area contributed by atoms with Crippen molar-refractivity contribution in [3.05, 3.63) is 94.2 Å². The van der Waals surface area contributed by atoms with Crippen LogP contribution in [-0.2, 0) is 26.2 Å². The molecule has 3 aromatic carbocycles. The monoisotopic (exact) mass is 593 g/mol. The van der Waals surface area contributed by atoms with E-state index in [1.807, 2.05) is 0 Å². The average molecular weight is 595 g/mol. The molecule has 0 aliphatic carbocycles. The Balaban J connectivity index is 2.07. The van der Waals surface area contributed by atoms with Crippen molar-refractivity contribution < 1.29 is 22.4 Å². The second-order valence-electron chi connectivity index (χ2n) is 9.98. The summed E-state index contributed by atoms with van der Waals surface area (Å²) in [5, 5.41) is 3.15. The molecule has 11 heteroatoms. The van der Waals surface area contributed by atoms with Crippen LogP contribution in [0, 0.1) is 5.82 Å². The SMILES string of the molecule is C[C@H](C(=O)NC(C)(C)C)N(Cc1ccccc1F)C(=O)CN(c1cc(Cl)cc(Cl)c1)S(=O)(=O)c1ccccc1. The quantitative estimate of drug-likeness (QED) is 0.347. The molecule has 0 heterocycles. The Morgan fingerprint density at radius 2 is 1.51 bits per heavy atom. The highest BCUT2D eigenvalue weighted by molar-refractivity contribution is 7.92. The molecule has 3 rings (SSSR count). The first-order valence-corrected chi connectivity index (χ1v) is 14.3. The molecule has 7 nitrogen and oxygen atoms in total. The predicted molar refractivity (Wildman–Crippen MR) is 152 cm³/mol. The van der Waals surface area contributed by atoms with Gasteiger partial charge in [0.15, 0.2) is 0 Å². The van der Waals surface area contributed by atoms with Crippen molar-refractivity contribution in [2.45, 2.75) is 50.7 Å². The van der Waals surface area contributed by atoms with Crippen LogP contribution in [0.15, 0.2) is 77.7 Å². The van der Waals surface area contributed by atoms with Crippen molar-refractivity contribution in [1.82, 2.24) is 10.2 Å². The van der Waals surface area contributed by atoms with Crippen LogP contribution >= 0.6 is 23.2 Å². The maximum absolute atomic E-state index is 14.6. The summed E-state index contributed by atoms with van der Waals surface area (Å²) >= 11 is 12.3. The number of hydrogen-bond donors (Lipinski definition) is 1. The molecule has 0 unspecified atom stereocenters. The number of carbonyl (C=O) groups excluding carboxylic acids is 2. The zero-order valence-corrected chi connectivity index (χ0v) is 24.3.